The standard InChI is InChI=1S/C13H17N/c1-3-5-10-8-9(2)11-6-4-7-12(11)13(10)14/h4,7-8H,3,5-6,14H2,1-2H3. The van der Waals surface area contributed by atoms with E-state index in [0.29, 0.717) is 0 Å². The van der Waals surface area contributed by atoms with Gasteiger partial charge in [-0.05, 0) is 36.5 Å². The highest BCUT2D eigenvalue weighted by Gasteiger charge is 2.13. The van der Waals surface area contributed by atoms with E-state index in [-0.39, 0.29) is 0 Å². The van der Waals surface area contributed by atoms with E-state index in [2.05, 4.69) is 32.1 Å². The molecule has 0 atom stereocenters. The molecule has 74 valence electrons. The van der Waals surface area contributed by atoms with Crippen LogP contribution in [0.1, 0.15) is 35.6 Å². The van der Waals surface area contributed by atoms with Crippen molar-refractivity contribution in [1.29, 1.82) is 0 Å². The lowest BCUT2D eigenvalue weighted by atomic mass is 9.96. The fraction of sp³-hybridized carbons (Fsp3) is 0.385. The zero-order valence-electron chi connectivity index (χ0n) is 8.93. The summed E-state index contributed by atoms with van der Waals surface area (Å²) in [6.45, 7) is 4.38. The maximum atomic E-state index is 6.14. The maximum Gasteiger partial charge on any atom is 0.0423 e. The molecule has 0 radical (unpaired) electrons. The number of allylic oxidation sites excluding steroid dienone is 1. The summed E-state index contributed by atoms with van der Waals surface area (Å²) in [6.07, 6.45) is 7.66. The molecule has 1 aliphatic rings. The fourth-order valence-electron chi connectivity index (χ4n) is 2.21. The van der Waals surface area contributed by atoms with E-state index in [1.807, 2.05) is 0 Å². The van der Waals surface area contributed by atoms with Crippen molar-refractivity contribution in [2.75, 3.05) is 5.73 Å². The van der Waals surface area contributed by atoms with Crippen LogP contribution >= 0.6 is 0 Å². The SMILES string of the molecule is CCCc1cc(C)c2c(c1N)C=CC2. The highest BCUT2D eigenvalue weighted by atomic mass is 14.6. The first-order chi connectivity index (χ1) is 6.74. The van der Waals surface area contributed by atoms with Crippen molar-refractivity contribution in [2.24, 2.45) is 0 Å². The van der Waals surface area contributed by atoms with Crippen molar-refractivity contribution in [2.45, 2.75) is 33.1 Å². The third-order valence-electron chi connectivity index (χ3n) is 2.95. The molecular formula is C13H17N. The predicted molar refractivity (Wildman–Crippen MR) is 62.3 cm³/mol. The Hall–Kier alpha value is -1.24. The number of nitrogen functional groups attached to an aromatic ring is 1. The predicted octanol–water partition coefficient (Wildman–Crippen LogP) is 3.10. The molecule has 0 fully saturated rings. The van der Waals surface area contributed by atoms with Gasteiger partial charge in [-0.25, -0.2) is 0 Å². The van der Waals surface area contributed by atoms with Gasteiger partial charge in [0.05, 0.1) is 0 Å². The molecule has 0 aromatic heterocycles. The zero-order chi connectivity index (χ0) is 10.1. The van der Waals surface area contributed by atoms with Crippen molar-refractivity contribution in [3.63, 3.8) is 0 Å². The quantitative estimate of drug-likeness (QED) is 0.707. The summed E-state index contributed by atoms with van der Waals surface area (Å²) in [6, 6.07) is 2.25. The Bertz CT molecular complexity index is 389. The minimum atomic E-state index is 1.00. The Morgan fingerprint density at radius 1 is 1.43 bits per heavy atom. The van der Waals surface area contributed by atoms with Gasteiger partial charge in [0.25, 0.3) is 0 Å². The second kappa shape index (κ2) is 3.49. The number of nitrogens with two attached hydrogens (primary N) is 1. The summed E-state index contributed by atoms with van der Waals surface area (Å²) in [7, 11) is 0. The third kappa shape index (κ3) is 1.33. The normalized spacial score (nSPS) is 13.3. The Morgan fingerprint density at radius 3 is 2.93 bits per heavy atom. The van der Waals surface area contributed by atoms with Crippen LogP contribution in [0.2, 0.25) is 0 Å². The average Bonchev–Trinajstić information content (AvgIpc) is 2.63. The molecule has 1 heteroatoms. The highest BCUT2D eigenvalue weighted by Crippen LogP contribution is 2.31. The maximum absolute atomic E-state index is 6.14. The largest absolute Gasteiger partial charge is 0.398 e. The molecule has 0 heterocycles. The van der Waals surface area contributed by atoms with Gasteiger partial charge >= 0.3 is 0 Å². The highest BCUT2D eigenvalue weighted by molar-refractivity contribution is 5.75. The summed E-state index contributed by atoms with van der Waals surface area (Å²) in [5, 5.41) is 0. The van der Waals surface area contributed by atoms with Crippen LogP contribution < -0.4 is 5.73 Å². The van der Waals surface area contributed by atoms with E-state index in [4.69, 9.17) is 5.73 Å². The smallest absolute Gasteiger partial charge is 0.0423 e. The van der Waals surface area contributed by atoms with Crippen LogP contribution in [0.3, 0.4) is 0 Å². The van der Waals surface area contributed by atoms with Gasteiger partial charge in [-0.15, -0.1) is 0 Å². The number of aryl methyl sites for hydroxylation is 2. The fourth-order valence-corrected chi connectivity index (χ4v) is 2.21. The van der Waals surface area contributed by atoms with Crippen LogP contribution in [-0.2, 0) is 12.8 Å². The zero-order valence-corrected chi connectivity index (χ0v) is 8.93. The molecule has 1 aliphatic carbocycles. The third-order valence-corrected chi connectivity index (χ3v) is 2.95. The molecule has 0 amide bonds. The molecule has 2 N–H and O–H groups in total. The van der Waals surface area contributed by atoms with Crippen LogP contribution in [0.25, 0.3) is 6.08 Å². The number of rotatable bonds is 2. The van der Waals surface area contributed by atoms with E-state index in [0.717, 1.165) is 24.9 Å². The Labute approximate surface area is 85.6 Å². The molecule has 2 rings (SSSR count). The Balaban J connectivity index is 2.55. The van der Waals surface area contributed by atoms with Gasteiger partial charge in [-0.3, -0.25) is 0 Å². The number of hydrogen-bond donors (Lipinski definition) is 1. The topological polar surface area (TPSA) is 26.0 Å². The van der Waals surface area contributed by atoms with Gasteiger partial charge < -0.3 is 5.73 Å². The first-order valence-electron chi connectivity index (χ1n) is 5.31. The van der Waals surface area contributed by atoms with Crippen LogP contribution in [0.4, 0.5) is 5.69 Å². The lowest BCUT2D eigenvalue weighted by Crippen LogP contribution is -2.01. The van der Waals surface area contributed by atoms with E-state index in [1.165, 1.54) is 22.3 Å². The van der Waals surface area contributed by atoms with Gasteiger partial charge in [0.2, 0.25) is 0 Å². The summed E-state index contributed by atoms with van der Waals surface area (Å²) < 4.78 is 0. The summed E-state index contributed by atoms with van der Waals surface area (Å²) in [4.78, 5) is 0. The number of anilines is 1. The van der Waals surface area contributed by atoms with Gasteiger partial charge in [-0.1, -0.05) is 31.6 Å². The van der Waals surface area contributed by atoms with Crippen LogP contribution in [0.5, 0.6) is 0 Å². The summed E-state index contributed by atoms with van der Waals surface area (Å²) in [5.74, 6) is 0. The number of fused-ring (bicyclic) bond motifs is 1. The lowest BCUT2D eigenvalue weighted by molar-refractivity contribution is 0.921. The Morgan fingerprint density at radius 2 is 2.21 bits per heavy atom. The van der Waals surface area contributed by atoms with Crippen molar-refractivity contribution in [1.82, 2.24) is 0 Å². The molecule has 1 nitrogen and oxygen atoms in total. The number of hydrogen-bond acceptors (Lipinski definition) is 1. The molecular weight excluding hydrogens is 170 g/mol. The van der Waals surface area contributed by atoms with Gasteiger partial charge in [0.1, 0.15) is 0 Å². The van der Waals surface area contributed by atoms with Crippen LogP contribution in [0.15, 0.2) is 12.1 Å². The van der Waals surface area contributed by atoms with E-state index >= 15 is 0 Å². The molecule has 0 aliphatic heterocycles. The lowest BCUT2D eigenvalue weighted by Gasteiger charge is -2.12. The van der Waals surface area contributed by atoms with E-state index in [1.54, 1.807) is 0 Å². The molecule has 0 unspecified atom stereocenters. The first-order valence-corrected chi connectivity index (χ1v) is 5.31. The molecule has 0 saturated carbocycles. The second-order valence-electron chi connectivity index (χ2n) is 4.01. The molecule has 14 heavy (non-hydrogen) atoms. The molecule has 0 bridgehead atoms. The second-order valence-corrected chi connectivity index (χ2v) is 4.01. The van der Waals surface area contributed by atoms with Gasteiger partial charge in [0, 0.05) is 11.3 Å². The van der Waals surface area contributed by atoms with Gasteiger partial charge in [-0.2, -0.15) is 0 Å². The van der Waals surface area contributed by atoms with Crippen LogP contribution in [-0.4, -0.2) is 0 Å². The minimum absolute atomic E-state index is 1.00. The molecule has 0 spiro atoms. The summed E-state index contributed by atoms with van der Waals surface area (Å²) in [5.41, 5.74) is 12.5. The Kier molecular flexibility index (Phi) is 2.32. The summed E-state index contributed by atoms with van der Waals surface area (Å²) >= 11 is 0. The monoisotopic (exact) mass is 187 g/mol. The van der Waals surface area contributed by atoms with Gasteiger partial charge in [0.15, 0.2) is 0 Å². The molecule has 1 aromatic carbocycles. The molecule has 0 saturated heterocycles. The van der Waals surface area contributed by atoms with Crippen molar-refractivity contribution in [3.8, 4) is 0 Å². The van der Waals surface area contributed by atoms with Crippen molar-refractivity contribution >= 4 is 11.8 Å². The average molecular weight is 187 g/mol. The van der Waals surface area contributed by atoms with E-state index < -0.39 is 0 Å². The minimum Gasteiger partial charge on any atom is -0.398 e. The van der Waals surface area contributed by atoms with Crippen LogP contribution in [0, 0.1) is 6.92 Å². The van der Waals surface area contributed by atoms with E-state index in [9.17, 15) is 0 Å². The number of benzene rings is 1. The molecule has 1 aromatic rings. The first kappa shape index (κ1) is 9.32. The van der Waals surface area contributed by atoms with Crippen molar-refractivity contribution < 1.29 is 0 Å². The van der Waals surface area contributed by atoms with Crippen molar-refractivity contribution in [3.05, 3.63) is 34.4 Å².